The zero-order chi connectivity index (χ0) is 13.0. The number of rotatable bonds is 5. The summed E-state index contributed by atoms with van der Waals surface area (Å²) in [4.78, 5) is 14.4. The summed E-state index contributed by atoms with van der Waals surface area (Å²) < 4.78 is 1.92. The van der Waals surface area contributed by atoms with E-state index in [0.717, 1.165) is 25.2 Å². The molecule has 1 unspecified atom stereocenters. The Morgan fingerprint density at radius 2 is 2.39 bits per heavy atom. The molecule has 18 heavy (non-hydrogen) atoms. The molecular formula is C14H23N3O. The van der Waals surface area contributed by atoms with Gasteiger partial charge in [0.25, 0.3) is 0 Å². The third-order valence-corrected chi connectivity index (χ3v) is 3.62. The van der Waals surface area contributed by atoms with Crippen LogP contribution in [0.3, 0.4) is 0 Å². The van der Waals surface area contributed by atoms with Crippen LogP contribution in [0.1, 0.15) is 23.2 Å². The summed E-state index contributed by atoms with van der Waals surface area (Å²) in [5.74, 6) is 0.924. The smallest absolute Gasteiger partial charge is 0.178 e. The SMILES string of the molecule is CNCC1CCCN(CC(=O)c2ccn(C)c2)C1. The summed E-state index contributed by atoms with van der Waals surface area (Å²) in [6, 6.07) is 1.90. The second kappa shape index (κ2) is 6.16. The van der Waals surface area contributed by atoms with Gasteiger partial charge in [-0.1, -0.05) is 0 Å². The monoisotopic (exact) mass is 249 g/mol. The molecule has 1 aliphatic heterocycles. The molecule has 1 N–H and O–H groups in total. The van der Waals surface area contributed by atoms with Crippen LogP contribution >= 0.6 is 0 Å². The summed E-state index contributed by atoms with van der Waals surface area (Å²) in [5.41, 5.74) is 0.827. The summed E-state index contributed by atoms with van der Waals surface area (Å²) in [6.07, 6.45) is 6.30. The van der Waals surface area contributed by atoms with Crippen LogP contribution in [0.25, 0.3) is 0 Å². The normalized spacial score (nSPS) is 21.1. The molecule has 1 aliphatic rings. The highest BCUT2D eigenvalue weighted by Crippen LogP contribution is 2.16. The summed E-state index contributed by atoms with van der Waals surface area (Å²) in [6.45, 7) is 3.71. The molecule has 0 aromatic carbocycles. The molecule has 1 aromatic heterocycles. The van der Waals surface area contributed by atoms with Crippen molar-refractivity contribution in [2.75, 3.05) is 33.2 Å². The summed E-state index contributed by atoms with van der Waals surface area (Å²) in [5, 5.41) is 3.23. The van der Waals surface area contributed by atoms with Crippen LogP contribution in [0.4, 0.5) is 0 Å². The second-order valence-electron chi connectivity index (χ2n) is 5.29. The summed E-state index contributed by atoms with van der Waals surface area (Å²) in [7, 11) is 3.94. The second-order valence-corrected chi connectivity index (χ2v) is 5.29. The number of aryl methyl sites for hydroxylation is 1. The maximum atomic E-state index is 12.1. The number of hydrogen-bond acceptors (Lipinski definition) is 3. The van der Waals surface area contributed by atoms with Crippen molar-refractivity contribution in [2.45, 2.75) is 12.8 Å². The van der Waals surface area contributed by atoms with Crippen LogP contribution in [-0.2, 0) is 7.05 Å². The van der Waals surface area contributed by atoms with E-state index in [4.69, 9.17) is 0 Å². The van der Waals surface area contributed by atoms with Crippen LogP contribution in [0.2, 0.25) is 0 Å². The van der Waals surface area contributed by atoms with Crippen molar-refractivity contribution in [1.82, 2.24) is 14.8 Å². The molecular weight excluding hydrogens is 226 g/mol. The zero-order valence-electron chi connectivity index (χ0n) is 11.4. The predicted molar refractivity (Wildman–Crippen MR) is 72.8 cm³/mol. The van der Waals surface area contributed by atoms with E-state index in [2.05, 4.69) is 10.2 Å². The largest absolute Gasteiger partial charge is 0.357 e. The van der Waals surface area contributed by atoms with Crippen LogP contribution in [0.5, 0.6) is 0 Å². The van der Waals surface area contributed by atoms with Gasteiger partial charge in [0.05, 0.1) is 6.54 Å². The number of piperidine rings is 1. The molecule has 0 saturated carbocycles. The number of likely N-dealkylation sites (tertiary alicyclic amines) is 1. The lowest BCUT2D eigenvalue weighted by molar-refractivity contribution is 0.0886. The van der Waals surface area contributed by atoms with Crippen LogP contribution < -0.4 is 5.32 Å². The topological polar surface area (TPSA) is 37.3 Å². The first kappa shape index (κ1) is 13.3. The molecule has 0 aliphatic carbocycles. The van der Waals surface area contributed by atoms with Gasteiger partial charge >= 0.3 is 0 Å². The molecule has 0 amide bonds. The Bertz CT molecular complexity index is 397. The fourth-order valence-electron chi connectivity index (χ4n) is 2.71. The van der Waals surface area contributed by atoms with Crippen molar-refractivity contribution >= 4 is 5.78 Å². The van der Waals surface area contributed by atoms with Gasteiger partial charge in [-0.3, -0.25) is 9.69 Å². The minimum atomic E-state index is 0.237. The Hall–Kier alpha value is -1.13. The summed E-state index contributed by atoms with van der Waals surface area (Å²) >= 11 is 0. The third-order valence-electron chi connectivity index (χ3n) is 3.62. The fourth-order valence-corrected chi connectivity index (χ4v) is 2.71. The highest BCUT2D eigenvalue weighted by Gasteiger charge is 2.21. The van der Waals surface area contributed by atoms with Crippen LogP contribution in [-0.4, -0.2) is 48.5 Å². The Morgan fingerprint density at radius 3 is 3.06 bits per heavy atom. The van der Waals surface area contributed by atoms with Gasteiger partial charge in [-0.15, -0.1) is 0 Å². The van der Waals surface area contributed by atoms with E-state index in [-0.39, 0.29) is 5.78 Å². The third kappa shape index (κ3) is 3.43. The van der Waals surface area contributed by atoms with Crippen molar-refractivity contribution in [3.8, 4) is 0 Å². The average Bonchev–Trinajstić information content (AvgIpc) is 2.77. The number of nitrogens with one attached hydrogen (secondary N) is 1. The van der Waals surface area contributed by atoms with E-state index in [1.54, 1.807) is 0 Å². The fraction of sp³-hybridized carbons (Fsp3) is 0.643. The number of carbonyl (C=O) groups is 1. The average molecular weight is 249 g/mol. The molecule has 0 radical (unpaired) electrons. The first-order valence-electron chi connectivity index (χ1n) is 6.71. The van der Waals surface area contributed by atoms with Gasteiger partial charge < -0.3 is 9.88 Å². The zero-order valence-corrected chi connectivity index (χ0v) is 11.4. The molecule has 1 saturated heterocycles. The lowest BCUT2D eigenvalue weighted by Crippen LogP contribution is -2.41. The van der Waals surface area contributed by atoms with Gasteiger partial charge in [0, 0.05) is 31.5 Å². The van der Waals surface area contributed by atoms with Gasteiger partial charge in [-0.25, -0.2) is 0 Å². The van der Waals surface area contributed by atoms with Gasteiger partial charge in [-0.2, -0.15) is 0 Å². The Morgan fingerprint density at radius 1 is 1.56 bits per heavy atom. The Balaban J connectivity index is 1.87. The van der Waals surface area contributed by atoms with E-state index in [9.17, 15) is 4.79 Å². The molecule has 1 aromatic rings. The number of carbonyl (C=O) groups excluding carboxylic acids is 1. The van der Waals surface area contributed by atoms with Crippen molar-refractivity contribution in [3.63, 3.8) is 0 Å². The Labute approximate surface area is 109 Å². The molecule has 2 rings (SSSR count). The number of nitrogens with zero attached hydrogens (tertiary/aromatic N) is 2. The molecule has 1 fully saturated rings. The van der Waals surface area contributed by atoms with Gasteiger partial charge in [0.1, 0.15) is 0 Å². The van der Waals surface area contributed by atoms with Crippen LogP contribution in [0, 0.1) is 5.92 Å². The minimum Gasteiger partial charge on any atom is -0.357 e. The molecule has 2 heterocycles. The van der Waals surface area contributed by atoms with E-state index in [1.165, 1.54) is 12.8 Å². The van der Waals surface area contributed by atoms with Crippen molar-refractivity contribution in [2.24, 2.45) is 13.0 Å². The predicted octanol–water partition coefficient (Wildman–Crippen LogP) is 1.14. The number of hydrogen-bond donors (Lipinski definition) is 1. The van der Waals surface area contributed by atoms with Crippen molar-refractivity contribution in [3.05, 3.63) is 24.0 Å². The highest BCUT2D eigenvalue weighted by atomic mass is 16.1. The minimum absolute atomic E-state index is 0.237. The maximum absolute atomic E-state index is 12.1. The quantitative estimate of drug-likeness (QED) is 0.795. The lowest BCUT2D eigenvalue weighted by Gasteiger charge is -2.32. The van der Waals surface area contributed by atoms with Gasteiger partial charge in [0.15, 0.2) is 5.78 Å². The number of aromatic nitrogens is 1. The standard InChI is InChI=1S/C14H23N3O/c1-15-8-12-4-3-6-17(9-12)11-14(18)13-5-7-16(2)10-13/h5,7,10,12,15H,3-4,6,8-9,11H2,1-2H3. The molecule has 0 spiro atoms. The van der Waals surface area contributed by atoms with Crippen molar-refractivity contribution in [1.29, 1.82) is 0 Å². The van der Waals surface area contributed by atoms with Gasteiger partial charge in [0.2, 0.25) is 0 Å². The number of ketones is 1. The van der Waals surface area contributed by atoms with Crippen molar-refractivity contribution < 1.29 is 4.79 Å². The number of Topliss-reactive ketones (excluding diaryl/α,β-unsaturated/α-hetero) is 1. The van der Waals surface area contributed by atoms with E-state index >= 15 is 0 Å². The molecule has 4 nitrogen and oxygen atoms in total. The Kier molecular flexibility index (Phi) is 4.55. The van der Waals surface area contributed by atoms with Gasteiger partial charge in [-0.05, 0) is 45.0 Å². The molecule has 1 atom stereocenters. The highest BCUT2D eigenvalue weighted by molar-refractivity contribution is 5.97. The van der Waals surface area contributed by atoms with E-state index in [1.807, 2.05) is 37.1 Å². The van der Waals surface area contributed by atoms with Crippen LogP contribution in [0.15, 0.2) is 18.5 Å². The molecule has 4 heteroatoms. The van der Waals surface area contributed by atoms with E-state index in [0.29, 0.717) is 12.5 Å². The maximum Gasteiger partial charge on any atom is 0.178 e. The molecule has 100 valence electrons. The van der Waals surface area contributed by atoms with E-state index < -0.39 is 0 Å². The molecule has 0 bridgehead atoms. The first-order valence-corrected chi connectivity index (χ1v) is 6.71. The lowest BCUT2D eigenvalue weighted by atomic mass is 9.97. The first-order chi connectivity index (χ1) is 8.69.